The number of nitrogens with one attached hydrogen (secondary N) is 2. The van der Waals surface area contributed by atoms with Gasteiger partial charge in [0.1, 0.15) is 0 Å². The van der Waals surface area contributed by atoms with Crippen LogP contribution in [-0.4, -0.2) is 24.0 Å². The smallest absolute Gasteiger partial charge is 0.221 e. The van der Waals surface area contributed by atoms with Crippen molar-refractivity contribution in [3.8, 4) is 0 Å². The van der Waals surface area contributed by atoms with Crippen LogP contribution in [0.5, 0.6) is 0 Å². The number of aromatic nitrogens is 1. The van der Waals surface area contributed by atoms with Gasteiger partial charge in [-0.2, -0.15) is 0 Å². The predicted octanol–water partition coefficient (Wildman–Crippen LogP) is 2.43. The number of carbonyl (C=O) groups is 1. The summed E-state index contributed by atoms with van der Waals surface area (Å²) in [7, 11) is 0. The lowest BCUT2D eigenvalue weighted by atomic mass is 9.89. The molecule has 0 spiro atoms. The largest absolute Gasteiger partial charge is 0.369 e. The van der Waals surface area contributed by atoms with Crippen molar-refractivity contribution in [1.29, 1.82) is 0 Å². The molecule has 1 fully saturated rings. The van der Waals surface area contributed by atoms with Crippen LogP contribution in [0.4, 0.5) is 0 Å². The van der Waals surface area contributed by atoms with E-state index in [0.717, 1.165) is 41.5 Å². The Kier molecular flexibility index (Phi) is 3.81. The molecule has 1 aliphatic rings. The van der Waals surface area contributed by atoms with E-state index in [1.807, 2.05) is 6.07 Å². The van der Waals surface area contributed by atoms with Gasteiger partial charge in [0.2, 0.25) is 5.91 Å². The van der Waals surface area contributed by atoms with E-state index in [9.17, 15) is 4.79 Å². The monoisotopic (exact) mass is 335 g/mol. The molecule has 0 saturated carbocycles. The Labute approximate surface area is 126 Å². The molecule has 0 atom stereocenters. The van der Waals surface area contributed by atoms with Crippen molar-refractivity contribution in [3.05, 3.63) is 33.9 Å². The second-order valence-electron chi connectivity index (χ2n) is 5.40. The highest BCUT2D eigenvalue weighted by Crippen LogP contribution is 2.34. The van der Waals surface area contributed by atoms with Crippen molar-refractivity contribution < 1.29 is 4.79 Å². The molecule has 20 heavy (non-hydrogen) atoms. The number of carbonyl (C=O) groups excluding carboxylic acids is 1. The van der Waals surface area contributed by atoms with Crippen molar-refractivity contribution in [2.24, 2.45) is 5.73 Å². The van der Waals surface area contributed by atoms with Crippen LogP contribution in [0.1, 0.15) is 29.9 Å². The Balaban J connectivity index is 2.06. The molecule has 2 heterocycles. The normalized spacial score (nSPS) is 16.6. The Morgan fingerprint density at radius 3 is 2.80 bits per heavy atom. The second kappa shape index (κ2) is 5.58. The molecule has 1 saturated heterocycles. The first-order valence-electron chi connectivity index (χ1n) is 6.93. The van der Waals surface area contributed by atoms with E-state index in [-0.39, 0.29) is 12.3 Å². The van der Waals surface area contributed by atoms with Crippen molar-refractivity contribution in [2.75, 3.05) is 13.1 Å². The molecule has 106 valence electrons. The molecular weight excluding hydrogens is 318 g/mol. The van der Waals surface area contributed by atoms with Gasteiger partial charge < -0.3 is 16.0 Å². The van der Waals surface area contributed by atoms with Gasteiger partial charge in [-0.05, 0) is 55.1 Å². The predicted molar refractivity (Wildman–Crippen MR) is 83.7 cm³/mol. The number of hydrogen-bond acceptors (Lipinski definition) is 2. The van der Waals surface area contributed by atoms with Crippen molar-refractivity contribution in [3.63, 3.8) is 0 Å². The SMILES string of the molecule is NC(=O)Cc1cc(Br)cc2c(C3CCNCC3)c[nH]c12. The number of halogens is 1. The number of rotatable bonds is 3. The highest BCUT2D eigenvalue weighted by Gasteiger charge is 2.20. The summed E-state index contributed by atoms with van der Waals surface area (Å²) >= 11 is 3.54. The van der Waals surface area contributed by atoms with Gasteiger partial charge in [0.25, 0.3) is 0 Å². The molecule has 1 aromatic heterocycles. The molecule has 5 heteroatoms. The Bertz CT molecular complexity index is 644. The first-order valence-corrected chi connectivity index (χ1v) is 7.73. The fourth-order valence-corrected chi connectivity index (χ4v) is 3.59. The van der Waals surface area contributed by atoms with Crippen LogP contribution in [0.15, 0.2) is 22.8 Å². The standard InChI is InChI=1S/C15H18BrN3O/c16-11-5-10(6-14(17)20)15-12(7-11)13(8-19-15)9-1-3-18-4-2-9/h5,7-9,18-19H,1-4,6H2,(H2,17,20). The summed E-state index contributed by atoms with van der Waals surface area (Å²) in [6, 6.07) is 4.10. The summed E-state index contributed by atoms with van der Waals surface area (Å²) in [6.07, 6.45) is 4.68. The number of amides is 1. The zero-order chi connectivity index (χ0) is 14.1. The third-order valence-corrected chi connectivity index (χ3v) is 4.47. The van der Waals surface area contributed by atoms with E-state index < -0.39 is 0 Å². The Hall–Kier alpha value is -1.33. The van der Waals surface area contributed by atoms with Gasteiger partial charge in [0.05, 0.1) is 6.42 Å². The highest BCUT2D eigenvalue weighted by atomic mass is 79.9. The Morgan fingerprint density at radius 1 is 1.35 bits per heavy atom. The molecular formula is C15H18BrN3O. The van der Waals surface area contributed by atoms with Crippen LogP contribution in [0.3, 0.4) is 0 Å². The summed E-state index contributed by atoms with van der Waals surface area (Å²) in [5.41, 5.74) is 8.70. The third kappa shape index (κ3) is 2.60. The van der Waals surface area contributed by atoms with Gasteiger partial charge in [-0.1, -0.05) is 15.9 Å². The minimum Gasteiger partial charge on any atom is -0.369 e. The van der Waals surface area contributed by atoms with E-state index in [1.165, 1.54) is 10.9 Å². The van der Waals surface area contributed by atoms with Gasteiger partial charge in [0.15, 0.2) is 0 Å². The molecule has 2 aromatic rings. The molecule has 4 N–H and O–H groups in total. The average Bonchev–Trinajstić information content (AvgIpc) is 2.82. The molecule has 1 aromatic carbocycles. The minimum absolute atomic E-state index is 0.266. The summed E-state index contributed by atoms with van der Waals surface area (Å²) in [5, 5.41) is 4.60. The third-order valence-electron chi connectivity index (χ3n) is 4.01. The van der Waals surface area contributed by atoms with Crippen LogP contribution >= 0.6 is 15.9 Å². The van der Waals surface area contributed by atoms with Crippen molar-refractivity contribution in [1.82, 2.24) is 10.3 Å². The van der Waals surface area contributed by atoms with Gasteiger partial charge in [-0.25, -0.2) is 0 Å². The van der Waals surface area contributed by atoms with Crippen LogP contribution in [0.2, 0.25) is 0 Å². The summed E-state index contributed by atoms with van der Waals surface area (Å²) in [4.78, 5) is 14.6. The molecule has 0 bridgehead atoms. The summed E-state index contributed by atoms with van der Waals surface area (Å²) in [5.74, 6) is 0.281. The fraction of sp³-hybridized carbons (Fsp3) is 0.400. The molecule has 0 radical (unpaired) electrons. The summed E-state index contributed by atoms with van der Waals surface area (Å²) in [6.45, 7) is 2.14. The van der Waals surface area contributed by atoms with E-state index in [4.69, 9.17) is 5.73 Å². The van der Waals surface area contributed by atoms with Crippen LogP contribution in [0, 0.1) is 0 Å². The minimum atomic E-state index is -0.303. The average molecular weight is 336 g/mol. The quantitative estimate of drug-likeness (QED) is 0.806. The number of piperidine rings is 1. The first-order chi connectivity index (χ1) is 9.65. The number of primary amides is 1. The molecule has 0 aliphatic carbocycles. The second-order valence-corrected chi connectivity index (χ2v) is 6.31. The molecule has 3 rings (SSSR count). The topological polar surface area (TPSA) is 70.9 Å². The van der Waals surface area contributed by atoms with Crippen LogP contribution in [0.25, 0.3) is 10.9 Å². The van der Waals surface area contributed by atoms with Crippen LogP contribution < -0.4 is 11.1 Å². The molecule has 1 amide bonds. The molecule has 0 unspecified atom stereocenters. The van der Waals surface area contributed by atoms with E-state index in [1.54, 1.807) is 0 Å². The number of hydrogen-bond donors (Lipinski definition) is 3. The van der Waals surface area contributed by atoms with E-state index >= 15 is 0 Å². The lowest BCUT2D eigenvalue weighted by Gasteiger charge is -2.22. The maximum atomic E-state index is 11.2. The Morgan fingerprint density at radius 2 is 2.10 bits per heavy atom. The number of nitrogens with two attached hydrogens (primary N) is 1. The van der Waals surface area contributed by atoms with Crippen LogP contribution in [-0.2, 0) is 11.2 Å². The lowest BCUT2D eigenvalue weighted by Crippen LogP contribution is -2.26. The molecule has 1 aliphatic heterocycles. The number of H-pyrrole nitrogens is 1. The van der Waals surface area contributed by atoms with Gasteiger partial charge in [-0.15, -0.1) is 0 Å². The van der Waals surface area contributed by atoms with E-state index in [0.29, 0.717) is 5.92 Å². The number of benzene rings is 1. The number of fused-ring (bicyclic) bond motifs is 1. The highest BCUT2D eigenvalue weighted by molar-refractivity contribution is 9.10. The van der Waals surface area contributed by atoms with Crippen molar-refractivity contribution >= 4 is 32.7 Å². The zero-order valence-electron chi connectivity index (χ0n) is 11.2. The first kappa shape index (κ1) is 13.6. The van der Waals surface area contributed by atoms with E-state index in [2.05, 4.69) is 38.5 Å². The maximum absolute atomic E-state index is 11.2. The maximum Gasteiger partial charge on any atom is 0.221 e. The number of aromatic amines is 1. The zero-order valence-corrected chi connectivity index (χ0v) is 12.8. The van der Waals surface area contributed by atoms with Gasteiger partial charge in [0, 0.05) is 21.6 Å². The summed E-state index contributed by atoms with van der Waals surface area (Å²) < 4.78 is 0.996. The van der Waals surface area contributed by atoms with Gasteiger partial charge >= 0.3 is 0 Å². The molecule has 4 nitrogen and oxygen atoms in total. The fourth-order valence-electron chi connectivity index (χ4n) is 3.09. The van der Waals surface area contributed by atoms with Gasteiger partial charge in [-0.3, -0.25) is 4.79 Å². The lowest BCUT2D eigenvalue weighted by molar-refractivity contribution is -0.117. The van der Waals surface area contributed by atoms with Crippen molar-refractivity contribution in [2.45, 2.75) is 25.2 Å².